The average molecular weight is 145 g/mol. The predicted octanol–water partition coefficient (Wildman–Crippen LogP) is 0.412. The molecule has 0 bridgehead atoms. The van der Waals surface area contributed by atoms with Gasteiger partial charge in [0.2, 0.25) is 5.78 Å². The van der Waals surface area contributed by atoms with Gasteiger partial charge in [-0.2, -0.15) is 0 Å². The van der Waals surface area contributed by atoms with E-state index < -0.39 is 0 Å². The molecule has 0 amide bonds. The summed E-state index contributed by atoms with van der Waals surface area (Å²) in [5.74, 6) is 1.59. The third-order valence-electron chi connectivity index (χ3n) is 1.41. The first-order valence-electron chi connectivity index (χ1n) is 3.05. The molecule has 1 aliphatic heterocycles. The highest BCUT2D eigenvalue weighted by molar-refractivity contribution is 7.22. The molecule has 1 aliphatic rings. The first-order valence-corrected chi connectivity index (χ1v) is 3.71. The maximum atomic E-state index is 10.8. The highest BCUT2D eigenvalue weighted by Crippen LogP contribution is 2.11. The van der Waals surface area contributed by atoms with Gasteiger partial charge < -0.3 is 4.74 Å². The third-order valence-corrected chi connectivity index (χ3v) is 1.74. The Morgan fingerprint density at radius 3 is 3.00 bits per heavy atom. The molecule has 1 saturated heterocycles. The molecule has 0 radical (unpaired) electrons. The maximum absolute atomic E-state index is 10.8. The Balaban J connectivity index is 2.41. The summed E-state index contributed by atoms with van der Waals surface area (Å²) < 4.78 is 5.11. The number of hydrogen-bond acceptors (Lipinski definition) is 2. The van der Waals surface area contributed by atoms with Crippen LogP contribution < -0.4 is 0 Å². The summed E-state index contributed by atoms with van der Waals surface area (Å²) in [7, 11) is 2.29. The van der Waals surface area contributed by atoms with E-state index in [1.165, 1.54) is 5.80 Å². The fourth-order valence-electron chi connectivity index (χ4n) is 0.909. The molecule has 0 N–H and O–H groups in total. The summed E-state index contributed by atoms with van der Waals surface area (Å²) in [6, 6.07) is 0. The van der Waals surface area contributed by atoms with Crippen molar-refractivity contribution in [2.45, 2.75) is 18.9 Å². The zero-order valence-corrected chi connectivity index (χ0v) is 6.32. The second-order valence-corrected chi connectivity index (χ2v) is 2.40. The van der Waals surface area contributed by atoms with Crippen LogP contribution in [-0.4, -0.2) is 24.3 Å². The summed E-state index contributed by atoms with van der Waals surface area (Å²) >= 11 is 0. The molecule has 1 heterocycles. The lowest BCUT2D eigenvalue weighted by molar-refractivity contribution is -0.120. The summed E-state index contributed by atoms with van der Waals surface area (Å²) in [5, 5.41) is 0. The highest BCUT2D eigenvalue weighted by Gasteiger charge is 2.22. The summed E-state index contributed by atoms with van der Waals surface area (Å²) in [5.41, 5.74) is 0. The molecule has 0 spiro atoms. The van der Waals surface area contributed by atoms with Crippen LogP contribution in [0.2, 0.25) is 0 Å². The fourth-order valence-corrected chi connectivity index (χ4v) is 1.12. The van der Waals surface area contributed by atoms with Crippen LogP contribution >= 0.6 is 8.86 Å². The Morgan fingerprint density at radius 1 is 1.78 bits per heavy atom. The van der Waals surface area contributed by atoms with E-state index >= 15 is 0 Å². The second kappa shape index (κ2) is 3.09. The minimum atomic E-state index is -0.137. The Morgan fingerprint density at radius 2 is 2.56 bits per heavy atom. The quantitative estimate of drug-likeness (QED) is 0.526. The van der Waals surface area contributed by atoms with Crippen molar-refractivity contribution in [3.8, 4) is 0 Å². The van der Waals surface area contributed by atoms with Gasteiger partial charge in [-0.05, 0) is 12.8 Å². The second-order valence-electron chi connectivity index (χ2n) is 2.07. The maximum Gasteiger partial charge on any atom is 0.225 e. The van der Waals surface area contributed by atoms with Gasteiger partial charge in [0.25, 0.3) is 0 Å². The van der Waals surface area contributed by atoms with Gasteiger partial charge >= 0.3 is 0 Å². The lowest BCUT2D eigenvalue weighted by atomic mass is 10.2. The zero-order chi connectivity index (χ0) is 6.69. The van der Waals surface area contributed by atoms with Crippen molar-refractivity contribution >= 4 is 20.4 Å². The van der Waals surface area contributed by atoms with Gasteiger partial charge in [-0.25, -0.2) is 0 Å². The largest absolute Gasteiger partial charge is 0.370 e. The van der Waals surface area contributed by atoms with Crippen molar-refractivity contribution in [2.24, 2.45) is 0 Å². The third kappa shape index (κ3) is 1.60. The number of carbonyl (C=O) groups excluding carboxylic acids is 1. The van der Waals surface area contributed by atoms with Crippen LogP contribution in [0, 0.1) is 0 Å². The number of ether oxygens (including phenoxy) is 1. The van der Waals surface area contributed by atoms with Gasteiger partial charge in [0.05, 0.1) is 8.86 Å². The molecule has 50 valence electrons. The van der Waals surface area contributed by atoms with Gasteiger partial charge in [0, 0.05) is 6.61 Å². The molecule has 2 nitrogen and oxygen atoms in total. The molecule has 2 unspecified atom stereocenters. The number of ketones is 1. The van der Waals surface area contributed by atoms with Crippen molar-refractivity contribution < 1.29 is 9.53 Å². The molecular weight excluding hydrogens is 135 g/mol. The van der Waals surface area contributed by atoms with Crippen molar-refractivity contribution in [3.05, 3.63) is 0 Å². The monoisotopic (exact) mass is 145 g/mol. The van der Waals surface area contributed by atoms with Crippen LogP contribution in [0.5, 0.6) is 0 Å². The van der Waals surface area contributed by atoms with E-state index in [-0.39, 0.29) is 11.9 Å². The molecule has 1 rings (SSSR count). The van der Waals surface area contributed by atoms with Crippen LogP contribution in [0.3, 0.4) is 0 Å². The Hall–Kier alpha value is -0.200. The van der Waals surface area contributed by atoms with Crippen molar-refractivity contribution in [1.82, 2.24) is 0 Å². The lowest BCUT2D eigenvalue weighted by Crippen LogP contribution is -2.18. The molecule has 2 atom stereocenters. The number of rotatable bonds is 2. The fraction of sp³-hybridized carbons (Fsp3) is 0.667. The molecule has 0 aromatic rings. The van der Waals surface area contributed by atoms with E-state index in [0.717, 1.165) is 19.4 Å². The van der Waals surface area contributed by atoms with Crippen LogP contribution in [0.15, 0.2) is 0 Å². The Kier molecular flexibility index (Phi) is 2.38. The molecule has 9 heavy (non-hydrogen) atoms. The number of hydrogen-bond donors (Lipinski definition) is 0. The van der Waals surface area contributed by atoms with Gasteiger partial charge in [-0.15, -0.1) is 0 Å². The average Bonchev–Trinajstić information content (AvgIpc) is 2.37. The highest BCUT2D eigenvalue weighted by atomic mass is 31.0. The summed E-state index contributed by atoms with van der Waals surface area (Å²) in [6.45, 7) is 0.745. The van der Waals surface area contributed by atoms with E-state index in [4.69, 9.17) is 4.74 Å². The standard InChI is InChI=1S/C6H9O2P/c7-5(4-9)6-2-1-3-8-6/h4,6,9H,1-3H2/p+1. The minimum absolute atomic E-state index is 0.0949. The molecule has 0 aromatic heterocycles. The topological polar surface area (TPSA) is 26.3 Å². The Bertz CT molecular complexity index is 127. The van der Waals surface area contributed by atoms with Crippen LogP contribution in [0.25, 0.3) is 0 Å². The lowest BCUT2D eigenvalue weighted by Gasteiger charge is -1.99. The number of Topliss-reactive ketones (excluding diaryl/α,β-unsaturated/α-hetero) is 1. The van der Waals surface area contributed by atoms with Gasteiger partial charge in [0.15, 0.2) is 0 Å². The van der Waals surface area contributed by atoms with Crippen molar-refractivity contribution in [3.63, 3.8) is 0 Å². The van der Waals surface area contributed by atoms with Gasteiger partial charge in [-0.1, -0.05) is 0 Å². The minimum Gasteiger partial charge on any atom is -0.370 e. The van der Waals surface area contributed by atoms with E-state index in [9.17, 15) is 4.79 Å². The summed E-state index contributed by atoms with van der Waals surface area (Å²) in [4.78, 5) is 10.8. The first kappa shape index (κ1) is 6.91. The normalized spacial score (nSPS) is 26.0. The van der Waals surface area contributed by atoms with Crippen molar-refractivity contribution in [1.29, 1.82) is 0 Å². The zero-order valence-electron chi connectivity index (χ0n) is 5.17. The molecular formula is C6H10O2P+. The smallest absolute Gasteiger partial charge is 0.225 e. The van der Waals surface area contributed by atoms with Gasteiger partial charge in [-0.3, -0.25) is 4.79 Å². The van der Waals surface area contributed by atoms with E-state index in [1.54, 1.807) is 0 Å². The molecule has 0 aliphatic carbocycles. The predicted molar refractivity (Wildman–Crippen MR) is 39.8 cm³/mol. The Labute approximate surface area is 56.4 Å². The van der Waals surface area contributed by atoms with Crippen LogP contribution in [-0.2, 0) is 9.53 Å². The molecule has 0 aromatic carbocycles. The first-order chi connectivity index (χ1) is 4.34. The molecule has 3 heteroatoms. The molecule has 0 saturated carbocycles. The van der Waals surface area contributed by atoms with E-state index in [1.807, 2.05) is 0 Å². The van der Waals surface area contributed by atoms with Crippen LogP contribution in [0.4, 0.5) is 0 Å². The van der Waals surface area contributed by atoms with E-state index in [2.05, 4.69) is 8.86 Å². The van der Waals surface area contributed by atoms with Crippen molar-refractivity contribution in [2.75, 3.05) is 6.61 Å². The van der Waals surface area contributed by atoms with Gasteiger partial charge in [0.1, 0.15) is 11.9 Å². The molecule has 1 fully saturated rings. The SMILES string of the molecule is O=C(C=[PH2+])C1CCCO1. The van der Waals surface area contributed by atoms with E-state index in [0.29, 0.717) is 0 Å². The van der Waals surface area contributed by atoms with Crippen LogP contribution in [0.1, 0.15) is 12.8 Å². The summed E-state index contributed by atoms with van der Waals surface area (Å²) in [6.07, 6.45) is 1.78. The number of carbonyl (C=O) groups is 1.